The minimum atomic E-state index is -0.578. The lowest BCUT2D eigenvalue weighted by molar-refractivity contribution is -0.138. The Hall–Kier alpha value is -2.67. The van der Waals surface area contributed by atoms with Gasteiger partial charge in [0.2, 0.25) is 0 Å². The second-order valence-electron chi connectivity index (χ2n) is 6.73. The molecule has 1 aromatic heterocycles. The number of anilines is 1. The molecule has 7 heteroatoms. The topological polar surface area (TPSA) is 75.7 Å². The number of likely N-dealkylation sites (tertiary alicyclic amines) is 1. The van der Waals surface area contributed by atoms with Crippen LogP contribution in [0.3, 0.4) is 0 Å². The Balaban J connectivity index is 1.57. The number of thiophene rings is 1. The number of carbonyl (C=O) groups excluding carboxylic acids is 3. The summed E-state index contributed by atoms with van der Waals surface area (Å²) in [6.07, 6.45) is 4.03. The van der Waals surface area contributed by atoms with Crippen LogP contribution in [0.1, 0.15) is 52.6 Å². The van der Waals surface area contributed by atoms with Gasteiger partial charge >= 0.3 is 5.97 Å². The number of nitrogens with one attached hydrogen (secondary N) is 1. The normalized spacial score (nSPS) is 16.5. The van der Waals surface area contributed by atoms with Gasteiger partial charge in [-0.3, -0.25) is 9.59 Å². The molecule has 0 spiro atoms. The van der Waals surface area contributed by atoms with E-state index in [-0.39, 0.29) is 24.5 Å². The van der Waals surface area contributed by atoms with E-state index in [1.165, 1.54) is 11.3 Å². The molecule has 1 N–H and O–H groups in total. The van der Waals surface area contributed by atoms with Crippen molar-refractivity contribution < 1.29 is 19.1 Å². The number of hydrogen-bond acceptors (Lipinski definition) is 5. The van der Waals surface area contributed by atoms with Gasteiger partial charge in [-0.25, -0.2) is 4.79 Å². The highest BCUT2D eigenvalue weighted by molar-refractivity contribution is 7.12. The van der Waals surface area contributed by atoms with Crippen molar-refractivity contribution in [1.29, 1.82) is 0 Å². The molecule has 1 atom stereocenters. The van der Waals surface area contributed by atoms with Gasteiger partial charge < -0.3 is 15.0 Å². The largest absolute Gasteiger partial charge is 0.452 e. The van der Waals surface area contributed by atoms with Gasteiger partial charge in [-0.15, -0.1) is 11.3 Å². The molecule has 3 rings (SSSR count). The highest BCUT2D eigenvalue weighted by Crippen LogP contribution is 2.20. The van der Waals surface area contributed by atoms with Gasteiger partial charge in [-0.1, -0.05) is 19.1 Å². The molecule has 2 heterocycles. The Morgan fingerprint density at radius 3 is 2.82 bits per heavy atom. The number of ether oxygens (including phenoxy) is 1. The zero-order chi connectivity index (χ0) is 19.9. The number of benzene rings is 1. The number of hydrogen-bond donors (Lipinski definition) is 1. The summed E-state index contributed by atoms with van der Waals surface area (Å²) < 4.78 is 5.23. The summed E-state index contributed by atoms with van der Waals surface area (Å²) in [5.41, 5.74) is 0.795. The maximum absolute atomic E-state index is 12.4. The third-order valence-corrected chi connectivity index (χ3v) is 5.72. The first-order valence-electron chi connectivity index (χ1n) is 9.50. The van der Waals surface area contributed by atoms with Crippen molar-refractivity contribution in [3.63, 3.8) is 0 Å². The second kappa shape index (κ2) is 9.50. The fourth-order valence-corrected chi connectivity index (χ4v) is 3.99. The monoisotopic (exact) mass is 400 g/mol. The van der Waals surface area contributed by atoms with Gasteiger partial charge in [0.25, 0.3) is 11.8 Å². The zero-order valence-corrected chi connectivity index (χ0v) is 16.7. The van der Waals surface area contributed by atoms with E-state index in [0.29, 0.717) is 16.1 Å². The number of esters is 1. The Bertz CT molecular complexity index is 835. The lowest BCUT2D eigenvalue weighted by Crippen LogP contribution is -2.45. The molecule has 0 saturated carbocycles. The molecule has 1 aliphatic heterocycles. The van der Waals surface area contributed by atoms with Crippen LogP contribution in [-0.2, 0) is 9.53 Å². The number of amides is 2. The molecule has 1 aromatic carbocycles. The quantitative estimate of drug-likeness (QED) is 0.745. The molecular weight excluding hydrogens is 376 g/mol. The summed E-state index contributed by atoms with van der Waals surface area (Å²) in [4.78, 5) is 39.3. The minimum absolute atomic E-state index is 0.151. The number of nitrogens with zero attached hydrogens (tertiary/aromatic N) is 1. The Morgan fingerprint density at radius 1 is 1.21 bits per heavy atom. The summed E-state index contributed by atoms with van der Waals surface area (Å²) in [6, 6.07) is 10.3. The van der Waals surface area contributed by atoms with Crippen LogP contribution in [0.2, 0.25) is 0 Å². The lowest BCUT2D eigenvalue weighted by atomic mass is 10.00. The molecule has 0 bridgehead atoms. The van der Waals surface area contributed by atoms with Gasteiger partial charge in [0.15, 0.2) is 6.61 Å². The van der Waals surface area contributed by atoms with E-state index < -0.39 is 5.97 Å². The molecule has 0 unspecified atom stereocenters. The maximum Gasteiger partial charge on any atom is 0.338 e. The van der Waals surface area contributed by atoms with E-state index >= 15 is 0 Å². The molecule has 0 radical (unpaired) electrons. The molecule has 6 nitrogen and oxygen atoms in total. The molecule has 2 aromatic rings. The maximum atomic E-state index is 12.4. The van der Waals surface area contributed by atoms with Crippen molar-refractivity contribution >= 4 is 34.8 Å². The summed E-state index contributed by atoms with van der Waals surface area (Å²) in [7, 11) is 0. The third kappa shape index (κ3) is 4.98. The fraction of sp³-hybridized carbons (Fsp3) is 0.381. The highest BCUT2D eigenvalue weighted by Gasteiger charge is 2.26. The fourth-order valence-electron chi connectivity index (χ4n) is 3.37. The van der Waals surface area contributed by atoms with Crippen molar-refractivity contribution in [3.8, 4) is 0 Å². The van der Waals surface area contributed by atoms with Crippen molar-refractivity contribution in [2.75, 3.05) is 18.5 Å². The van der Waals surface area contributed by atoms with Gasteiger partial charge in [-0.05, 0) is 55.3 Å². The van der Waals surface area contributed by atoms with Crippen LogP contribution in [0.15, 0.2) is 41.8 Å². The van der Waals surface area contributed by atoms with Crippen molar-refractivity contribution in [3.05, 3.63) is 52.2 Å². The van der Waals surface area contributed by atoms with E-state index in [1.54, 1.807) is 36.4 Å². The van der Waals surface area contributed by atoms with E-state index in [9.17, 15) is 14.4 Å². The molecular formula is C21H24N2O4S. The van der Waals surface area contributed by atoms with Gasteiger partial charge in [0.05, 0.1) is 10.4 Å². The number of rotatable bonds is 6. The van der Waals surface area contributed by atoms with E-state index in [0.717, 1.165) is 32.2 Å². The average Bonchev–Trinajstić information content (AvgIpc) is 3.27. The summed E-state index contributed by atoms with van der Waals surface area (Å²) in [6.45, 7) is 2.53. The van der Waals surface area contributed by atoms with Crippen molar-refractivity contribution in [2.24, 2.45) is 0 Å². The zero-order valence-electron chi connectivity index (χ0n) is 15.8. The van der Waals surface area contributed by atoms with Crippen LogP contribution in [-0.4, -0.2) is 41.9 Å². The van der Waals surface area contributed by atoms with Crippen LogP contribution in [0, 0.1) is 0 Å². The van der Waals surface area contributed by atoms with Crippen LogP contribution in [0.25, 0.3) is 0 Å². The first-order valence-corrected chi connectivity index (χ1v) is 10.4. The van der Waals surface area contributed by atoms with Crippen LogP contribution in [0.5, 0.6) is 0 Å². The van der Waals surface area contributed by atoms with Crippen molar-refractivity contribution in [2.45, 2.75) is 38.6 Å². The molecule has 1 saturated heterocycles. The standard InChI is InChI=1S/C21H24N2O4S/c1-2-17-9-3-4-11-23(17)19(24)14-27-21(26)15-7-5-8-16(13-15)22-20(25)18-10-6-12-28-18/h5-8,10,12-13,17H,2-4,9,11,14H2,1H3,(H,22,25)/t17-/m0/s1. The van der Waals surface area contributed by atoms with Gasteiger partial charge in [0.1, 0.15) is 0 Å². The first kappa shape index (κ1) is 20.1. The summed E-state index contributed by atoms with van der Waals surface area (Å²) >= 11 is 1.34. The molecule has 0 aliphatic carbocycles. The lowest BCUT2D eigenvalue weighted by Gasteiger charge is -2.35. The molecule has 28 heavy (non-hydrogen) atoms. The first-order chi connectivity index (χ1) is 13.6. The van der Waals surface area contributed by atoms with Gasteiger partial charge in [-0.2, -0.15) is 0 Å². The van der Waals surface area contributed by atoms with E-state index in [4.69, 9.17) is 4.74 Å². The number of piperidine rings is 1. The van der Waals surface area contributed by atoms with Gasteiger partial charge in [0, 0.05) is 18.3 Å². The molecule has 2 amide bonds. The predicted octanol–water partition coefficient (Wildman–Crippen LogP) is 3.95. The van der Waals surface area contributed by atoms with Crippen LogP contribution in [0.4, 0.5) is 5.69 Å². The highest BCUT2D eigenvalue weighted by atomic mass is 32.1. The SMILES string of the molecule is CC[C@H]1CCCCN1C(=O)COC(=O)c1cccc(NC(=O)c2cccs2)c1. The number of carbonyl (C=O) groups is 3. The Labute approximate surface area is 168 Å². The smallest absolute Gasteiger partial charge is 0.338 e. The Morgan fingerprint density at radius 2 is 2.07 bits per heavy atom. The van der Waals surface area contributed by atoms with E-state index in [2.05, 4.69) is 12.2 Å². The summed E-state index contributed by atoms with van der Waals surface area (Å²) in [5, 5.41) is 4.58. The second-order valence-corrected chi connectivity index (χ2v) is 7.68. The molecule has 1 aliphatic rings. The predicted molar refractivity (Wildman–Crippen MR) is 109 cm³/mol. The molecule has 148 valence electrons. The van der Waals surface area contributed by atoms with Crippen LogP contribution >= 0.6 is 11.3 Å². The minimum Gasteiger partial charge on any atom is -0.452 e. The summed E-state index contributed by atoms with van der Waals surface area (Å²) in [5.74, 6) is -0.959. The Kier molecular flexibility index (Phi) is 6.81. The molecule has 1 fully saturated rings. The van der Waals surface area contributed by atoms with E-state index in [1.807, 2.05) is 10.3 Å². The average molecular weight is 401 g/mol. The van der Waals surface area contributed by atoms with Crippen molar-refractivity contribution in [1.82, 2.24) is 4.90 Å². The third-order valence-electron chi connectivity index (χ3n) is 4.85. The van der Waals surface area contributed by atoms with Crippen LogP contribution < -0.4 is 5.32 Å².